The molecule has 1 aromatic heterocycles. The van der Waals surface area contributed by atoms with E-state index in [1.165, 1.54) is 5.56 Å². The van der Waals surface area contributed by atoms with Crippen LogP contribution in [0, 0.1) is 6.92 Å². The zero-order valence-corrected chi connectivity index (χ0v) is 8.62. The van der Waals surface area contributed by atoms with E-state index in [0.717, 1.165) is 11.3 Å². The molecular formula is C12H10ClN. The number of benzene rings is 1. The molecule has 70 valence electrons. The molecule has 0 unspecified atom stereocenters. The maximum atomic E-state index is 5.81. The van der Waals surface area contributed by atoms with Gasteiger partial charge in [0, 0.05) is 5.56 Å². The Balaban J connectivity index is 2.44. The Bertz CT molecular complexity index is 434. The van der Waals surface area contributed by atoms with Crippen molar-refractivity contribution in [1.29, 1.82) is 0 Å². The van der Waals surface area contributed by atoms with Gasteiger partial charge in [-0.05, 0) is 19.1 Å². The first-order chi connectivity index (χ1) is 6.75. The Labute approximate surface area is 88.4 Å². The maximum absolute atomic E-state index is 5.81. The van der Waals surface area contributed by atoms with Gasteiger partial charge in [-0.15, -0.1) is 0 Å². The second-order valence-electron chi connectivity index (χ2n) is 3.21. The summed E-state index contributed by atoms with van der Waals surface area (Å²) in [5, 5.41) is 0.531. The molecule has 0 aliphatic rings. The number of hydrogen-bond donors (Lipinski definition) is 0. The van der Waals surface area contributed by atoms with Crippen molar-refractivity contribution < 1.29 is 0 Å². The van der Waals surface area contributed by atoms with Crippen LogP contribution in [0.3, 0.4) is 0 Å². The van der Waals surface area contributed by atoms with E-state index in [0.29, 0.717) is 5.15 Å². The van der Waals surface area contributed by atoms with Gasteiger partial charge in [0.1, 0.15) is 5.15 Å². The molecule has 2 aromatic rings. The molecule has 1 nitrogen and oxygen atoms in total. The molecular weight excluding hydrogens is 194 g/mol. The summed E-state index contributed by atoms with van der Waals surface area (Å²) in [6.45, 7) is 2.06. The lowest BCUT2D eigenvalue weighted by Crippen LogP contribution is -1.83. The number of nitrogens with zero attached hydrogens (tertiary/aromatic N) is 1. The van der Waals surface area contributed by atoms with Gasteiger partial charge in [-0.25, -0.2) is 4.98 Å². The third-order valence-corrected chi connectivity index (χ3v) is 2.27. The fraction of sp³-hybridized carbons (Fsp3) is 0.0833. The van der Waals surface area contributed by atoms with Crippen molar-refractivity contribution in [3.05, 3.63) is 53.2 Å². The van der Waals surface area contributed by atoms with Crippen molar-refractivity contribution in [2.75, 3.05) is 0 Å². The van der Waals surface area contributed by atoms with Gasteiger partial charge in [0.25, 0.3) is 0 Å². The fourth-order valence-corrected chi connectivity index (χ4v) is 1.46. The second kappa shape index (κ2) is 3.81. The van der Waals surface area contributed by atoms with Crippen molar-refractivity contribution in [2.24, 2.45) is 0 Å². The van der Waals surface area contributed by atoms with Crippen molar-refractivity contribution in [3.8, 4) is 11.3 Å². The van der Waals surface area contributed by atoms with Gasteiger partial charge in [-0.2, -0.15) is 0 Å². The average molecular weight is 204 g/mol. The summed E-state index contributed by atoms with van der Waals surface area (Å²) in [5.74, 6) is 0. The van der Waals surface area contributed by atoms with E-state index in [1.54, 1.807) is 6.07 Å². The summed E-state index contributed by atoms with van der Waals surface area (Å²) in [4.78, 5) is 4.24. The Morgan fingerprint density at radius 2 is 1.71 bits per heavy atom. The molecule has 0 amide bonds. The number of aryl methyl sites for hydroxylation is 1. The van der Waals surface area contributed by atoms with Gasteiger partial charge < -0.3 is 0 Å². The quantitative estimate of drug-likeness (QED) is 0.644. The number of pyridine rings is 1. The predicted molar refractivity (Wildman–Crippen MR) is 59.4 cm³/mol. The van der Waals surface area contributed by atoms with Crippen LogP contribution in [-0.2, 0) is 0 Å². The molecule has 14 heavy (non-hydrogen) atoms. The summed E-state index contributed by atoms with van der Waals surface area (Å²) in [6.07, 6.45) is 0. The molecule has 2 rings (SSSR count). The molecule has 0 spiro atoms. The molecule has 0 saturated carbocycles. The van der Waals surface area contributed by atoms with Crippen LogP contribution >= 0.6 is 11.6 Å². The summed E-state index contributed by atoms with van der Waals surface area (Å²) in [5.41, 5.74) is 3.26. The number of aromatic nitrogens is 1. The van der Waals surface area contributed by atoms with E-state index < -0.39 is 0 Å². The smallest absolute Gasteiger partial charge is 0.129 e. The van der Waals surface area contributed by atoms with Crippen LogP contribution in [0.15, 0.2) is 42.5 Å². The van der Waals surface area contributed by atoms with Crippen molar-refractivity contribution in [3.63, 3.8) is 0 Å². The normalized spacial score (nSPS) is 10.1. The topological polar surface area (TPSA) is 12.9 Å². The zero-order valence-electron chi connectivity index (χ0n) is 7.87. The van der Waals surface area contributed by atoms with E-state index in [9.17, 15) is 0 Å². The van der Waals surface area contributed by atoms with Crippen LogP contribution in [0.5, 0.6) is 0 Å². The van der Waals surface area contributed by atoms with Crippen molar-refractivity contribution in [2.45, 2.75) is 6.92 Å². The zero-order chi connectivity index (χ0) is 9.97. The van der Waals surface area contributed by atoms with Crippen LogP contribution in [0.1, 0.15) is 5.56 Å². The van der Waals surface area contributed by atoms with E-state index in [-0.39, 0.29) is 0 Å². The summed E-state index contributed by atoms with van der Waals surface area (Å²) < 4.78 is 0. The van der Waals surface area contributed by atoms with E-state index >= 15 is 0 Å². The van der Waals surface area contributed by atoms with Crippen LogP contribution in [-0.4, -0.2) is 4.98 Å². The van der Waals surface area contributed by atoms with Crippen LogP contribution in [0.4, 0.5) is 0 Å². The molecule has 0 radical (unpaired) electrons. The van der Waals surface area contributed by atoms with Gasteiger partial charge in [0.05, 0.1) is 5.69 Å². The molecule has 0 fully saturated rings. The molecule has 0 bridgehead atoms. The Morgan fingerprint density at radius 1 is 1.00 bits per heavy atom. The monoisotopic (exact) mass is 203 g/mol. The Kier molecular flexibility index (Phi) is 2.51. The molecule has 1 aromatic carbocycles. The first kappa shape index (κ1) is 9.22. The molecule has 2 heteroatoms. The van der Waals surface area contributed by atoms with Crippen LogP contribution in [0.2, 0.25) is 5.15 Å². The second-order valence-corrected chi connectivity index (χ2v) is 3.60. The molecule has 0 aliphatic carbocycles. The third kappa shape index (κ3) is 1.94. The van der Waals surface area contributed by atoms with E-state index in [1.807, 2.05) is 24.3 Å². The van der Waals surface area contributed by atoms with Gasteiger partial charge >= 0.3 is 0 Å². The van der Waals surface area contributed by atoms with Gasteiger partial charge in [0.2, 0.25) is 0 Å². The minimum atomic E-state index is 0.531. The highest BCUT2D eigenvalue weighted by Crippen LogP contribution is 2.18. The highest BCUT2D eigenvalue weighted by atomic mass is 35.5. The first-order valence-electron chi connectivity index (χ1n) is 4.45. The van der Waals surface area contributed by atoms with Gasteiger partial charge in [-0.1, -0.05) is 47.5 Å². The lowest BCUT2D eigenvalue weighted by molar-refractivity contribution is 1.32. The molecule has 0 aliphatic heterocycles. The Hall–Kier alpha value is -1.34. The van der Waals surface area contributed by atoms with Crippen LogP contribution < -0.4 is 0 Å². The predicted octanol–water partition coefficient (Wildman–Crippen LogP) is 3.71. The molecule has 0 N–H and O–H groups in total. The van der Waals surface area contributed by atoms with Gasteiger partial charge in [-0.3, -0.25) is 0 Å². The minimum Gasteiger partial charge on any atom is -0.236 e. The molecule has 0 atom stereocenters. The summed E-state index contributed by atoms with van der Waals surface area (Å²) >= 11 is 5.81. The van der Waals surface area contributed by atoms with E-state index in [2.05, 4.69) is 24.0 Å². The number of hydrogen-bond acceptors (Lipinski definition) is 1. The van der Waals surface area contributed by atoms with Crippen LogP contribution in [0.25, 0.3) is 11.3 Å². The average Bonchev–Trinajstić information content (AvgIpc) is 2.19. The lowest BCUT2D eigenvalue weighted by atomic mass is 10.1. The lowest BCUT2D eigenvalue weighted by Gasteiger charge is -2.01. The van der Waals surface area contributed by atoms with Crippen molar-refractivity contribution in [1.82, 2.24) is 4.98 Å². The van der Waals surface area contributed by atoms with Crippen molar-refractivity contribution >= 4 is 11.6 Å². The standard InChI is InChI=1S/C12H10ClN/c1-9-5-7-10(8-6-9)11-3-2-4-12(13)14-11/h2-8H,1H3. The summed E-state index contributed by atoms with van der Waals surface area (Å²) in [7, 11) is 0. The highest BCUT2D eigenvalue weighted by molar-refractivity contribution is 6.29. The van der Waals surface area contributed by atoms with E-state index in [4.69, 9.17) is 11.6 Å². The van der Waals surface area contributed by atoms with Gasteiger partial charge in [0.15, 0.2) is 0 Å². The maximum Gasteiger partial charge on any atom is 0.129 e. The molecule has 0 saturated heterocycles. The highest BCUT2D eigenvalue weighted by Gasteiger charge is 1.98. The largest absolute Gasteiger partial charge is 0.236 e. The minimum absolute atomic E-state index is 0.531. The number of halogens is 1. The number of rotatable bonds is 1. The first-order valence-corrected chi connectivity index (χ1v) is 4.83. The fourth-order valence-electron chi connectivity index (χ4n) is 1.29. The SMILES string of the molecule is Cc1ccc(-c2cccc(Cl)n2)cc1. The third-order valence-electron chi connectivity index (χ3n) is 2.06. The Morgan fingerprint density at radius 3 is 2.36 bits per heavy atom. The summed E-state index contributed by atoms with van der Waals surface area (Å²) in [6, 6.07) is 13.9. The molecule has 1 heterocycles.